The molecule has 0 unspecified atom stereocenters. The fourth-order valence-corrected chi connectivity index (χ4v) is 5.76. The monoisotopic (exact) mass is 398 g/mol. The van der Waals surface area contributed by atoms with Gasteiger partial charge in [0, 0.05) is 6.42 Å². The number of aryl methyl sites for hydroxylation is 1. The van der Waals surface area contributed by atoms with Crippen molar-refractivity contribution in [1.82, 2.24) is 0 Å². The number of fused-ring (bicyclic) bond motifs is 1. The lowest BCUT2D eigenvalue weighted by Crippen LogP contribution is -2.25. The van der Waals surface area contributed by atoms with Gasteiger partial charge in [-0.1, -0.05) is 45.2 Å². The fraction of sp³-hybridized carbons (Fsp3) is 0.654. The van der Waals surface area contributed by atoms with Crippen molar-refractivity contribution in [2.75, 3.05) is 0 Å². The third kappa shape index (κ3) is 4.44. The van der Waals surface area contributed by atoms with E-state index in [0.29, 0.717) is 11.1 Å². The van der Waals surface area contributed by atoms with Crippen molar-refractivity contribution in [2.24, 2.45) is 17.8 Å². The summed E-state index contributed by atoms with van der Waals surface area (Å²) >= 11 is 0. The SMILES string of the molecule is CCCCc1cc2ccc(C3CCC(C4CCC(C)CC4)CC3)c(F)c2c(=O)o1. The van der Waals surface area contributed by atoms with E-state index in [1.165, 1.54) is 38.5 Å². The van der Waals surface area contributed by atoms with Crippen LogP contribution in [-0.4, -0.2) is 0 Å². The molecular formula is C26H35FO2. The predicted octanol–water partition coefficient (Wildman–Crippen LogP) is 7.37. The van der Waals surface area contributed by atoms with Gasteiger partial charge in [-0.25, -0.2) is 9.18 Å². The van der Waals surface area contributed by atoms with E-state index < -0.39 is 5.63 Å². The number of hydrogen-bond donors (Lipinski definition) is 0. The van der Waals surface area contributed by atoms with Gasteiger partial charge in [0.25, 0.3) is 0 Å². The van der Waals surface area contributed by atoms with E-state index in [9.17, 15) is 4.79 Å². The highest BCUT2D eigenvalue weighted by Gasteiger charge is 2.31. The molecule has 2 fully saturated rings. The first-order valence-electron chi connectivity index (χ1n) is 11.8. The summed E-state index contributed by atoms with van der Waals surface area (Å²) in [5.41, 5.74) is 0.208. The quantitative estimate of drug-likeness (QED) is 0.526. The lowest BCUT2D eigenvalue weighted by Gasteiger charge is -2.37. The highest BCUT2D eigenvalue weighted by atomic mass is 19.1. The van der Waals surface area contributed by atoms with E-state index in [1.54, 1.807) is 0 Å². The first-order valence-corrected chi connectivity index (χ1v) is 11.8. The Morgan fingerprint density at radius 2 is 1.66 bits per heavy atom. The van der Waals surface area contributed by atoms with Crippen molar-refractivity contribution in [3.8, 4) is 0 Å². The average Bonchev–Trinajstić information content (AvgIpc) is 2.73. The fourth-order valence-electron chi connectivity index (χ4n) is 5.76. The van der Waals surface area contributed by atoms with Gasteiger partial charge in [0.05, 0.1) is 0 Å². The van der Waals surface area contributed by atoms with Gasteiger partial charge >= 0.3 is 5.63 Å². The molecule has 0 N–H and O–H groups in total. The lowest BCUT2D eigenvalue weighted by atomic mass is 9.68. The molecule has 0 radical (unpaired) electrons. The summed E-state index contributed by atoms with van der Waals surface area (Å²) in [4.78, 5) is 12.5. The molecule has 0 bridgehead atoms. The van der Waals surface area contributed by atoms with E-state index >= 15 is 4.39 Å². The summed E-state index contributed by atoms with van der Waals surface area (Å²) in [5, 5.41) is 0.824. The minimum Gasteiger partial charge on any atom is -0.427 e. The normalized spacial score (nSPS) is 28.0. The summed E-state index contributed by atoms with van der Waals surface area (Å²) in [5.74, 6) is 3.14. The summed E-state index contributed by atoms with van der Waals surface area (Å²) in [6.07, 6.45) is 12.7. The molecular weight excluding hydrogens is 363 g/mol. The Balaban J connectivity index is 1.49. The molecule has 1 heterocycles. The number of benzene rings is 1. The van der Waals surface area contributed by atoms with Crippen molar-refractivity contribution >= 4 is 10.8 Å². The van der Waals surface area contributed by atoms with Gasteiger partial charge in [-0.15, -0.1) is 0 Å². The van der Waals surface area contributed by atoms with Crippen LogP contribution in [0.2, 0.25) is 0 Å². The van der Waals surface area contributed by atoms with E-state index in [1.807, 2.05) is 18.2 Å². The molecule has 0 amide bonds. The molecule has 0 spiro atoms. The first kappa shape index (κ1) is 20.6. The Kier molecular flexibility index (Phi) is 6.41. The zero-order chi connectivity index (χ0) is 20.4. The minimum absolute atomic E-state index is 0.145. The number of halogens is 1. The van der Waals surface area contributed by atoms with E-state index in [-0.39, 0.29) is 17.1 Å². The standard InChI is InChI=1S/C26H35FO2/c1-3-4-5-22-16-21-14-15-23(25(27)24(21)26(28)29-22)20-12-10-19(11-13-20)18-8-6-17(2)7-9-18/h14-20H,3-13H2,1-2H3. The average molecular weight is 399 g/mol. The Labute approximate surface area is 173 Å². The lowest BCUT2D eigenvalue weighted by molar-refractivity contribution is 0.164. The Morgan fingerprint density at radius 1 is 1.00 bits per heavy atom. The molecule has 2 aromatic rings. The van der Waals surface area contributed by atoms with Crippen LogP contribution in [-0.2, 0) is 6.42 Å². The molecule has 2 saturated carbocycles. The van der Waals surface area contributed by atoms with Gasteiger partial charge < -0.3 is 4.42 Å². The van der Waals surface area contributed by atoms with Crippen molar-refractivity contribution in [3.63, 3.8) is 0 Å². The molecule has 3 heteroatoms. The first-order chi connectivity index (χ1) is 14.1. The minimum atomic E-state index is -0.516. The molecule has 2 nitrogen and oxygen atoms in total. The van der Waals surface area contributed by atoms with Crippen LogP contribution in [0.5, 0.6) is 0 Å². The largest absolute Gasteiger partial charge is 0.427 e. The summed E-state index contributed by atoms with van der Waals surface area (Å²) in [6.45, 7) is 4.48. The molecule has 29 heavy (non-hydrogen) atoms. The Bertz CT molecular complexity index is 883. The second-order valence-electron chi connectivity index (χ2n) is 9.67. The van der Waals surface area contributed by atoms with Crippen LogP contribution < -0.4 is 5.63 Å². The summed E-state index contributed by atoms with van der Waals surface area (Å²) in [7, 11) is 0. The maximum absolute atomic E-state index is 15.3. The van der Waals surface area contributed by atoms with Crippen molar-refractivity contribution in [3.05, 3.63) is 45.8 Å². The van der Waals surface area contributed by atoms with Gasteiger partial charge in [-0.3, -0.25) is 0 Å². The van der Waals surface area contributed by atoms with Gasteiger partial charge in [0.15, 0.2) is 0 Å². The maximum Gasteiger partial charge on any atom is 0.346 e. The van der Waals surface area contributed by atoms with Gasteiger partial charge in [-0.05, 0) is 85.6 Å². The van der Waals surface area contributed by atoms with E-state index in [4.69, 9.17) is 4.42 Å². The second kappa shape index (κ2) is 9.02. The second-order valence-corrected chi connectivity index (χ2v) is 9.67. The Morgan fingerprint density at radius 3 is 2.31 bits per heavy atom. The van der Waals surface area contributed by atoms with Crippen LogP contribution in [0.15, 0.2) is 27.4 Å². The van der Waals surface area contributed by atoms with Crippen molar-refractivity contribution < 1.29 is 8.81 Å². The number of rotatable bonds is 5. The molecule has 0 saturated heterocycles. The predicted molar refractivity (Wildman–Crippen MR) is 117 cm³/mol. The topological polar surface area (TPSA) is 30.2 Å². The highest BCUT2D eigenvalue weighted by Crippen LogP contribution is 2.44. The molecule has 4 rings (SSSR count). The van der Waals surface area contributed by atoms with E-state index in [2.05, 4.69) is 13.8 Å². The van der Waals surface area contributed by atoms with Crippen molar-refractivity contribution in [2.45, 2.75) is 90.4 Å². The number of hydrogen-bond acceptors (Lipinski definition) is 2. The van der Waals surface area contributed by atoms with E-state index in [0.717, 1.165) is 55.4 Å². The van der Waals surface area contributed by atoms with Gasteiger partial charge in [0.2, 0.25) is 0 Å². The highest BCUT2D eigenvalue weighted by molar-refractivity contribution is 5.83. The van der Waals surface area contributed by atoms with Crippen LogP contribution in [0.25, 0.3) is 10.8 Å². The summed E-state index contributed by atoms with van der Waals surface area (Å²) in [6, 6.07) is 5.70. The third-order valence-electron chi connectivity index (χ3n) is 7.66. The third-order valence-corrected chi connectivity index (χ3v) is 7.66. The van der Waals surface area contributed by atoms with Crippen LogP contribution in [0.1, 0.15) is 95.3 Å². The molecule has 158 valence electrons. The molecule has 1 aromatic carbocycles. The molecule has 0 aliphatic heterocycles. The maximum atomic E-state index is 15.3. The van der Waals surface area contributed by atoms with Crippen molar-refractivity contribution in [1.29, 1.82) is 0 Å². The molecule has 2 aliphatic carbocycles. The number of unbranched alkanes of at least 4 members (excludes halogenated alkanes) is 1. The molecule has 1 aromatic heterocycles. The molecule has 2 aliphatic rings. The smallest absolute Gasteiger partial charge is 0.346 e. The zero-order valence-corrected chi connectivity index (χ0v) is 18.0. The summed E-state index contributed by atoms with van der Waals surface area (Å²) < 4.78 is 20.8. The molecule has 0 atom stereocenters. The van der Waals surface area contributed by atoms with Crippen LogP contribution in [0, 0.1) is 23.6 Å². The van der Waals surface area contributed by atoms with Crippen LogP contribution in [0.3, 0.4) is 0 Å². The zero-order valence-electron chi connectivity index (χ0n) is 18.0. The van der Waals surface area contributed by atoms with Gasteiger partial charge in [-0.2, -0.15) is 0 Å². The van der Waals surface area contributed by atoms with Crippen LogP contribution >= 0.6 is 0 Å². The Hall–Kier alpha value is -1.64. The van der Waals surface area contributed by atoms with Gasteiger partial charge in [0.1, 0.15) is 17.0 Å². The van der Waals surface area contributed by atoms with Crippen LogP contribution in [0.4, 0.5) is 4.39 Å².